The predicted octanol–water partition coefficient (Wildman–Crippen LogP) is 3.39. The van der Waals surface area contributed by atoms with E-state index in [1.165, 1.54) is 5.56 Å². The summed E-state index contributed by atoms with van der Waals surface area (Å²) in [5.41, 5.74) is 2.72. The zero-order valence-electron chi connectivity index (χ0n) is 11.9. The lowest BCUT2D eigenvalue weighted by Gasteiger charge is -2.06. The number of aryl methyl sites for hydroxylation is 2. The molecule has 4 nitrogen and oxygen atoms in total. The van der Waals surface area contributed by atoms with Crippen LogP contribution in [0.15, 0.2) is 70.1 Å². The Morgan fingerprint density at radius 2 is 1.77 bits per heavy atom. The summed E-state index contributed by atoms with van der Waals surface area (Å²) in [4.78, 5) is 16.3. The number of aromatic nitrogens is 2. The summed E-state index contributed by atoms with van der Waals surface area (Å²) in [6, 6.07) is 17.9. The minimum absolute atomic E-state index is 0.382. The van der Waals surface area contributed by atoms with E-state index in [0.717, 1.165) is 23.9 Å². The van der Waals surface area contributed by atoms with E-state index in [1.54, 1.807) is 6.33 Å². The van der Waals surface area contributed by atoms with Gasteiger partial charge in [0.25, 0.3) is 0 Å². The number of imidazole rings is 1. The number of nitrogens with zero attached hydrogens (tertiary/aromatic N) is 2. The minimum Gasteiger partial charge on any atom is -0.421 e. The van der Waals surface area contributed by atoms with Gasteiger partial charge in [-0.2, -0.15) is 0 Å². The minimum atomic E-state index is -0.382. The van der Waals surface area contributed by atoms with Crippen LogP contribution in [-0.2, 0) is 13.0 Å². The fourth-order valence-electron chi connectivity index (χ4n) is 2.78. The molecule has 0 bridgehead atoms. The van der Waals surface area contributed by atoms with Crippen LogP contribution in [0.25, 0.3) is 22.0 Å². The van der Waals surface area contributed by atoms with Crippen LogP contribution in [0.2, 0.25) is 0 Å². The SMILES string of the molecule is O=c1oc2ccccc2c2c1ncn2CCc1ccccc1. The van der Waals surface area contributed by atoms with E-state index in [-0.39, 0.29) is 5.63 Å². The highest BCUT2D eigenvalue weighted by Gasteiger charge is 2.12. The Labute approximate surface area is 126 Å². The van der Waals surface area contributed by atoms with E-state index in [2.05, 4.69) is 17.1 Å². The quantitative estimate of drug-likeness (QED) is 0.543. The summed E-state index contributed by atoms with van der Waals surface area (Å²) in [6.07, 6.45) is 2.61. The van der Waals surface area contributed by atoms with Crippen LogP contribution in [0.3, 0.4) is 0 Å². The van der Waals surface area contributed by atoms with E-state index < -0.39 is 0 Å². The lowest BCUT2D eigenvalue weighted by atomic mass is 10.1. The van der Waals surface area contributed by atoms with Gasteiger partial charge in [-0.05, 0) is 24.1 Å². The van der Waals surface area contributed by atoms with Crippen molar-refractivity contribution in [3.8, 4) is 0 Å². The van der Waals surface area contributed by atoms with Crippen molar-refractivity contribution in [3.63, 3.8) is 0 Å². The molecule has 0 aliphatic carbocycles. The van der Waals surface area contributed by atoms with Crippen molar-refractivity contribution in [1.29, 1.82) is 0 Å². The van der Waals surface area contributed by atoms with E-state index in [1.807, 2.05) is 47.0 Å². The molecule has 0 atom stereocenters. The van der Waals surface area contributed by atoms with Crippen LogP contribution in [-0.4, -0.2) is 9.55 Å². The van der Waals surface area contributed by atoms with Crippen molar-refractivity contribution in [2.45, 2.75) is 13.0 Å². The van der Waals surface area contributed by atoms with Gasteiger partial charge in [0.2, 0.25) is 0 Å². The lowest BCUT2D eigenvalue weighted by Crippen LogP contribution is -2.03. The van der Waals surface area contributed by atoms with E-state index in [0.29, 0.717) is 11.1 Å². The fraction of sp³-hybridized carbons (Fsp3) is 0.111. The summed E-state index contributed by atoms with van der Waals surface area (Å²) in [6.45, 7) is 0.772. The van der Waals surface area contributed by atoms with E-state index >= 15 is 0 Å². The average molecular weight is 290 g/mol. The molecule has 0 saturated carbocycles. The van der Waals surface area contributed by atoms with Crippen molar-refractivity contribution in [1.82, 2.24) is 9.55 Å². The molecule has 2 heterocycles. The van der Waals surface area contributed by atoms with Gasteiger partial charge in [0.15, 0.2) is 5.52 Å². The molecule has 0 unspecified atom stereocenters. The number of fused-ring (bicyclic) bond motifs is 3. The first-order chi connectivity index (χ1) is 10.8. The molecule has 0 fully saturated rings. The Balaban J connectivity index is 1.83. The maximum absolute atomic E-state index is 12.0. The fourth-order valence-corrected chi connectivity index (χ4v) is 2.78. The highest BCUT2D eigenvalue weighted by atomic mass is 16.4. The van der Waals surface area contributed by atoms with Crippen LogP contribution in [0.4, 0.5) is 0 Å². The van der Waals surface area contributed by atoms with Gasteiger partial charge < -0.3 is 8.98 Å². The Kier molecular flexibility index (Phi) is 3.00. The molecule has 0 amide bonds. The zero-order valence-corrected chi connectivity index (χ0v) is 11.9. The monoisotopic (exact) mass is 290 g/mol. The molecule has 4 aromatic rings. The number of hydrogen-bond acceptors (Lipinski definition) is 3. The zero-order chi connectivity index (χ0) is 14.9. The molecule has 22 heavy (non-hydrogen) atoms. The van der Waals surface area contributed by atoms with Crippen molar-refractivity contribution >= 4 is 22.0 Å². The van der Waals surface area contributed by atoms with Gasteiger partial charge in [-0.15, -0.1) is 0 Å². The molecule has 2 aromatic heterocycles. The van der Waals surface area contributed by atoms with Gasteiger partial charge in [0.05, 0.1) is 11.8 Å². The molecule has 0 N–H and O–H groups in total. The standard InChI is InChI=1S/C18H14N2O2/c21-18-16-17(14-8-4-5-9-15(14)22-18)20(12-19-16)11-10-13-6-2-1-3-7-13/h1-9,12H,10-11H2. The van der Waals surface area contributed by atoms with Crippen LogP contribution in [0.5, 0.6) is 0 Å². The Morgan fingerprint density at radius 3 is 2.64 bits per heavy atom. The summed E-state index contributed by atoms with van der Waals surface area (Å²) in [7, 11) is 0. The first kappa shape index (κ1) is 12.8. The van der Waals surface area contributed by atoms with E-state index in [9.17, 15) is 4.79 Å². The van der Waals surface area contributed by atoms with Gasteiger partial charge >= 0.3 is 5.63 Å². The Morgan fingerprint density at radius 1 is 1.00 bits per heavy atom. The largest absolute Gasteiger partial charge is 0.421 e. The number of benzene rings is 2. The van der Waals surface area contributed by atoms with Crippen LogP contribution < -0.4 is 5.63 Å². The molecular weight excluding hydrogens is 276 g/mol. The van der Waals surface area contributed by atoms with Crippen LogP contribution in [0, 0.1) is 0 Å². The predicted molar refractivity (Wildman–Crippen MR) is 85.9 cm³/mol. The number of hydrogen-bond donors (Lipinski definition) is 0. The first-order valence-corrected chi connectivity index (χ1v) is 7.23. The molecule has 4 rings (SSSR count). The van der Waals surface area contributed by atoms with Gasteiger partial charge in [-0.1, -0.05) is 42.5 Å². The highest BCUT2D eigenvalue weighted by Crippen LogP contribution is 2.22. The normalized spacial score (nSPS) is 11.3. The topological polar surface area (TPSA) is 48.0 Å². The molecule has 2 aromatic carbocycles. The van der Waals surface area contributed by atoms with Gasteiger partial charge in [-0.3, -0.25) is 0 Å². The van der Waals surface area contributed by atoms with E-state index in [4.69, 9.17) is 4.42 Å². The van der Waals surface area contributed by atoms with Crippen molar-refractivity contribution in [3.05, 3.63) is 76.9 Å². The number of para-hydroxylation sites is 1. The maximum atomic E-state index is 12.0. The third-order valence-corrected chi connectivity index (χ3v) is 3.86. The third kappa shape index (κ3) is 2.09. The smallest absolute Gasteiger partial charge is 0.364 e. The Bertz CT molecular complexity index is 1000. The van der Waals surface area contributed by atoms with Gasteiger partial charge in [0, 0.05) is 11.9 Å². The van der Waals surface area contributed by atoms with Crippen molar-refractivity contribution in [2.24, 2.45) is 0 Å². The molecule has 0 saturated heterocycles. The molecule has 0 aliphatic rings. The second kappa shape index (κ2) is 5.15. The molecule has 108 valence electrons. The molecule has 0 aliphatic heterocycles. The van der Waals surface area contributed by atoms with Gasteiger partial charge in [-0.25, -0.2) is 9.78 Å². The second-order valence-corrected chi connectivity index (χ2v) is 5.26. The summed E-state index contributed by atoms with van der Waals surface area (Å²) < 4.78 is 7.35. The van der Waals surface area contributed by atoms with Crippen LogP contribution >= 0.6 is 0 Å². The summed E-state index contributed by atoms with van der Waals surface area (Å²) in [5, 5.41) is 0.919. The molecule has 0 radical (unpaired) electrons. The highest BCUT2D eigenvalue weighted by molar-refractivity contribution is 6.00. The second-order valence-electron chi connectivity index (χ2n) is 5.26. The van der Waals surface area contributed by atoms with Crippen molar-refractivity contribution < 1.29 is 4.42 Å². The molecule has 4 heteroatoms. The lowest BCUT2D eigenvalue weighted by molar-refractivity contribution is 0.568. The molecule has 0 spiro atoms. The summed E-state index contributed by atoms with van der Waals surface area (Å²) >= 11 is 0. The van der Waals surface area contributed by atoms with Crippen LogP contribution in [0.1, 0.15) is 5.56 Å². The average Bonchev–Trinajstić information content (AvgIpc) is 2.99. The Hall–Kier alpha value is -2.88. The number of rotatable bonds is 3. The van der Waals surface area contributed by atoms with Crippen molar-refractivity contribution in [2.75, 3.05) is 0 Å². The summed E-state index contributed by atoms with van der Waals surface area (Å²) in [5.74, 6) is 0. The first-order valence-electron chi connectivity index (χ1n) is 7.23. The maximum Gasteiger partial charge on any atom is 0.364 e. The third-order valence-electron chi connectivity index (χ3n) is 3.86. The van der Waals surface area contributed by atoms with Gasteiger partial charge in [0.1, 0.15) is 5.58 Å². The molecular formula is C18H14N2O2.